The first-order valence-electron chi connectivity index (χ1n) is 11.3. The Kier molecular flexibility index (Phi) is 12.3. The van der Waals surface area contributed by atoms with Gasteiger partial charge in [-0.2, -0.15) is 74.6 Å². The predicted octanol–water partition coefficient (Wildman–Crippen LogP) is 8.53. The highest BCUT2D eigenvalue weighted by atomic mass is 28.4. The van der Waals surface area contributed by atoms with E-state index in [1.54, 1.807) is 0 Å². The van der Waals surface area contributed by atoms with Gasteiger partial charge in [0.05, 0.1) is 0 Å². The van der Waals surface area contributed by atoms with Gasteiger partial charge in [0.25, 0.3) is 0 Å². The molecule has 0 spiro atoms. The molecule has 21 heteroatoms. The molecule has 0 fully saturated rings. The molecule has 0 aromatic carbocycles. The Labute approximate surface area is 217 Å². The molecule has 0 aromatic heterocycles. The average Bonchev–Trinajstić information content (AvgIpc) is 2.81. The van der Waals surface area contributed by atoms with Crippen LogP contribution < -0.4 is 0 Å². The molecular weight excluding hydrogens is 627 g/mol. The number of rotatable bonds is 18. The van der Waals surface area contributed by atoms with E-state index in [4.69, 9.17) is 0 Å². The van der Waals surface area contributed by atoms with E-state index in [9.17, 15) is 65.9 Å². The number of alkyl halides is 17. The number of hydrogen-bond acceptors (Lipinski definition) is 3. The summed E-state index contributed by atoms with van der Waals surface area (Å²) in [5.41, 5.74) is -6.80. The van der Waals surface area contributed by atoms with Crippen LogP contribution in [0.25, 0.3) is 0 Å². The van der Waals surface area contributed by atoms with Crippen LogP contribution in [-0.2, 0) is 13.3 Å². The van der Waals surface area contributed by atoms with Crippen molar-refractivity contribution in [2.45, 2.75) is 100 Å². The molecule has 0 unspecified atom stereocenters. The van der Waals surface area contributed by atoms with Gasteiger partial charge < -0.3 is 13.3 Å². The van der Waals surface area contributed by atoms with E-state index < -0.39 is 88.7 Å². The van der Waals surface area contributed by atoms with Crippen molar-refractivity contribution in [3.05, 3.63) is 0 Å². The molecule has 0 aliphatic rings. The molecule has 0 bridgehead atoms. The Balaban J connectivity index is 7.02. The van der Waals surface area contributed by atoms with Gasteiger partial charge >= 0.3 is 56.1 Å². The van der Waals surface area contributed by atoms with Crippen LogP contribution in [0.3, 0.4) is 0 Å². The van der Waals surface area contributed by atoms with E-state index in [-0.39, 0.29) is 19.3 Å². The summed E-state index contributed by atoms with van der Waals surface area (Å²) in [4.78, 5) is 0. The van der Waals surface area contributed by atoms with Crippen molar-refractivity contribution in [2.24, 2.45) is 0 Å². The van der Waals surface area contributed by atoms with Crippen LogP contribution in [-0.4, -0.2) is 75.9 Å². The Morgan fingerprint density at radius 2 is 0.725 bits per heavy atom. The lowest BCUT2D eigenvalue weighted by atomic mass is 9.90. The zero-order valence-corrected chi connectivity index (χ0v) is 21.8. The Morgan fingerprint density at radius 3 is 1.02 bits per heavy atom. The molecule has 0 saturated heterocycles. The molecule has 0 aliphatic carbocycles. The van der Waals surface area contributed by atoms with Gasteiger partial charge in [-0.05, 0) is 19.3 Å². The van der Waals surface area contributed by atoms with Crippen molar-refractivity contribution < 1.29 is 87.9 Å². The summed E-state index contributed by atoms with van der Waals surface area (Å²) in [5.74, 6) is -47.7. The maximum atomic E-state index is 15.1. The van der Waals surface area contributed by atoms with E-state index in [1.165, 1.54) is 0 Å². The number of halogens is 17. The van der Waals surface area contributed by atoms with Crippen LogP contribution in [0.1, 0.15) is 52.9 Å². The maximum Gasteiger partial charge on any atom is 0.582 e. The fourth-order valence-corrected chi connectivity index (χ4v) is 5.53. The van der Waals surface area contributed by atoms with Crippen molar-refractivity contribution in [3.63, 3.8) is 0 Å². The lowest BCUT2D eigenvalue weighted by Crippen LogP contribution is -2.78. The van der Waals surface area contributed by atoms with E-state index in [2.05, 4.69) is 13.3 Å². The minimum Gasteiger partial charge on any atom is -0.370 e. The summed E-state index contributed by atoms with van der Waals surface area (Å²) in [6, 6.07) is 0. The maximum absolute atomic E-state index is 15.1. The predicted molar refractivity (Wildman–Crippen MR) is 104 cm³/mol. The van der Waals surface area contributed by atoms with Gasteiger partial charge in [0.2, 0.25) is 0 Å². The largest absolute Gasteiger partial charge is 0.582 e. The highest BCUT2D eigenvalue weighted by molar-refractivity contribution is 6.63. The Morgan fingerprint density at radius 1 is 0.425 bits per heavy atom. The van der Waals surface area contributed by atoms with Crippen molar-refractivity contribution >= 4 is 8.80 Å². The van der Waals surface area contributed by atoms with Gasteiger partial charge in [0.1, 0.15) is 0 Å². The first-order valence-corrected chi connectivity index (χ1v) is 13.0. The molecule has 0 aliphatic heterocycles. The van der Waals surface area contributed by atoms with Crippen molar-refractivity contribution in [3.8, 4) is 0 Å². The molecule has 0 radical (unpaired) electrons. The summed E-state index contributed by atoms with van der Waals surface area (Å²) in [5, 5.41) is 0. The Hall–Kier alpha value is -1.09. The molecule has 242 valence electrons. The molecule has 0 heterocycles. The highest BCUT2D eigenvalue weighted by Gasteiger charge is 2.95. The zero-order valence-electron chi connectivity index (χ0n) is 20.8. The van der Waals surface area contributed by atoms with Crippen LogP contribution in [0, 0.1) is 0 Å². The first-order chi connectivity index (χ1) is 17.6. The SMILES string of the molecule is CCCO[Si](OCCC)(OCCC)C(F)(F)C(F)(F)C(F)(F)C(F)(F)C(F)(F)C(F)(F)C(F)(F)CCC(F)(F)F. The molecule has 0 atom stereocenters. The average molecular weight is 652 g/mol. The van der Waals surface area contributed by atoms with Gasteiger partial charge in [-0.3, -0.25) is 0 Å². The van der Waals surface area contributed by atoms with Gasteiger partial charge in [0.15, 0.2) is 0 Å². The molecule has 40 heavy (non-hydrogen) atoms. The molecule has 0 N–H and O–H groups in total. The summed E-state index contributed by atoms with van der Waals surface area (Å²) >= 11 is 0. The van der Waals surface area contributed by atoms with Crippen LogP contribution >= 0.6 is 0 Å². The lowest BCUT2D eigenvalue weighted by Gasteiger charge is -2.45. The summed E-state index contributed by atoms with van der Waals surface area (Å²) in [6.07, 6.45) is -13.2. The standard InChI is InChI=1S/C19H25F17O3Si/c1-4-9-37-40(38-10-5-2,39-11-6-3)19(35,36)18(33,34)17(31,32)16(29,30)15(27,28)14(25,26)12(20,21)7-8-13(22,23)24/h4-11H2,1-3H3. The summed E-state index contributed by atoms with van der Waals surface area (Å²) in [7, 11) is -6.69. The van der Waals surface area contributed by atoms with Crippen molar-refractivity contribution in [2.75, 3.05) is 19.8 Å². The molecule has 0 saturated carbocycles. The first kappa shape index (κ1) is 38.9. The second-order valence-electron chi connectivity index (χ2n) is 8.37. The van der Waals surface area contributed by atoms with Crippen LogP contribution in [0.4, 0.5) is 74.6 Å². The molecule has 0 aromatic rings. The highest BCUT2D eigenvalue weighted by Crippen LogP contribution is 2.63. The van der Waals surface area contributed by atoms with E-state index in [0.717, 1.165) is 20.8 Å². The third-order valence-corrected chi connectivity index (χ3v) is 7.86. The van der Waals surface area contributed by atoms with Crippen molar-refractivity contribution in [1.82, 2.24) is 0 Å². The molecule has 0 amide bonds. The van der Waals surface area contributed by atoms with E-state index in [1.807, 2.05) is 0 Å². The minimum atomic E-state index is -8.45. The van der Waals surface area contributed by atoms with Gasteiger partial charge in [0, 0.05) is 32.7 Å². The molecular formula is C19H25F17O3Si. The molecule has 3 nitrogen and oxygen atoms in total. The second kappa shape index (κ2) is 12.6. The minimum absolute atomic E-state index is 0.342. The fraction of sp³-hybridized carbons (Fsp3) is 1.00. The smallest absolute Gasteiger partial charge is 0.370 e. The zero-order chi connectivity index (χ0) is 32.3. The van der Waals surface area contributed by atoms with Crippen LogP contribution in [0.2, 0.25) is 0 Å². The van der Waals surface area contributed by atoms with E-state index >= 15 is 8.78 Å². The fourth-order valence-electron chi connectivity index (χ4n) is 2.77. The van der Waals surface area contributed by atoms with Gasteiger partial charge in [-0.1, -0.05) is 20.8 Å². The Bertz CT molecular complexity index is 780. The lowest BCUT2D eigenvalue weighted by molar-refractivity contribution is -0.439. The second-order valence-corrected chi connectivity index (χ2v) is 11.0. The van der Waals surface area contributed by atoms with E-state index in [0.29, 0.717) is 0 Å². The van der Waals surface area contributed by atoms with Gasteiger partial charge in [-0.15, -0.1) is 0 Å². The topological polar surface area (TPSA) is 27.7 Å². The van der Waals surface area contributed by atoms with Crippen LogP contribution in [0.15, 0.2) is 0 Å². The normalized spacial score (nSPS) is 15.6. The van der Waals surface area contributed by atoms with Crippen molar-refractivity contribution in [1.29, 1.82) is 0 Å². The summed E-state index contributed by atoms with van der Waals surface area (Å²) in [6.45, 7) is 0.352. The third-order valence-electron chi connectivity index (χ3n) is 5.03. The monoisotopic (exact) mass is 652 g/mol. The summed E-state index contributed by atoms with van der Waals surface area (Å²) < 4.78 is 249. The number of hydrogen-bond donors (Lipinski definition) is 0. The quantitative estimate of drug-likeness (QED) is 0.110. The van der Waals surface area contributed by atoms with Crippen LogP contribution in [0.5, 0.6) is 0 Å². The molecule has 0 rings (SSSR count). The third kappa shape index (κ3) is 6.76. The van der Waals surface area contributed by atoms with Gasteiger partial charge in [-0.25, -0.2) is 0 Å².